The summed E-state index contributed by atoms with van der Waals surface area (Å²) < 4.78 is 39.1. The molecule has 1 aromatic carbocycles. The highest BCUT2D eigenvalue weighted by Crippen LogP contribution is 2.39. The topological polar surface area (TPSA) is 12.0 Å². The summed E-state index contributed by atoms with van der Waals surface area (Å²) in [5.74, 6) is -1.22. The van der Waals surface area contributed by atoms with Gasteiger partial charge in [-0.15, -0.1) is 0 Å². The molecule has 0 aliphatic heterocycles. The Morgan fingerprint density at radius 1 is 1.16 bits per heavy atom. The molecule has 2 atom stereocenters. The van der Waals surface area contributed by atoms with Crippen LogP contribution in [0.15, 0.2) is 24.3 Å². The van der Waals surface area contributed by atoms with E-state index in [0.717, 1.165) is 24.1 Å². The van der Waals surface area contributed by atoms with Gasteiger partial charge < -0.3 is 5.32 Å². The van der Waals surface area contributed by atoms with Crippen LogP contribution in [0.25, 0.3) is 0 Å². The zero-order valence-corrected chi connectivity index (χ0v) is 11.1. The molecule has 2 unspecified atom stereocenters. The number of alkyl halides is 3. The number of anilines is 1. The first-order valence-corrected chi connectivity index (χ1v) is 6.93. The van der Waals surface area contributed by atoms with Crippen molar-refractivity contribution in [1.82, 2.24) is 0 Å². The molecule has 1 aromatic rings. The molecule has 0 bridgehead atoms. The molecule has 0 aromatic heterocycles. The number of benzene rings is 1. The van der Waals surface area contributed by atoms with Gasteiger partial charge in [-0.2, -0.15) is 13.2 Å². The van der Waals surface area contributed by atoms with E-state index in [0.29, 0.717) is 12.8 Å². The van der Waals surface area contributed by atoms with Crippen molar-refractivity contribution in [3.8, 4) is 0 Å². The van der Waals surface area contributed by atoms with Gasteiger partial charge in [-0.3, -0.25) is 0 Å². The molecule has 1 saturated carbocycles. The molecule has 106 valence electrons. The van der Waals surface area contributed by atoms with E-state index in [4.69, 9.17) is 0 Å². The van der Waals surface area contributed by atoms with E-state index in [1.165, 1.54) is 0 Å². The second-order valence-electron chi connectivity index (χ2n) is 5.19. The first kappa shape index (κ1) is 14.2. The molecule has 1 aliphatic rings. The van der Waals surface area contributed by atoms with Crippen LogP contribution in [-0.2, 0) is 6.42 Å². The van der Waals surface area contributed by atoms with Crippen LogP contribution in [0, 0.1) is 5.92 Å². The highest BCUT2D eigenvalue weighted by molar-refractivity contribution is 5.52. The molecular weight excluding hydrogens is 251 g/mol. The highest BCUT2D eigenvalue weighted by atomic mass is 19.4. The number of aryl methyl sites for hydroxylation is 1. The molecule has 0 amide bonds. The van der Waals surface area contributed by atoms with E-state index < -0.39 is 18.1 Å². The fourth-order valence-electron chi connectivity index (χ4n) is 2.86. The van der Waals surface area contributed by atoms with E-state index in [9.17, 15) is 13.2 Å². The summed E-state index contributed by atoms with van der Waals surface area (Å²) in [5.41, 5.74) is 1.93. The normalized spacial score (nSPS) is 24.2. The van der Waals surface area contributed by atoms with Crippen molar-refractivity contribution in [2.45, 2.75) is 51.2 Å². The Morgan fingerprint density at radius 3 is 2.53 bits per heavy atom. The van der Waals surface area contributed by atoms with Crippen molar-refractivity contribution >= 4 is 5.69 Å². The van der Waals surface area contributed by atoms with E-state index in [1.807, 2.05) is 31.2 Å². The van der Waals surface area contributed by atoms with Crippen LogP contribution in [0.5, 0.6) is 0 Å². The van der Waals surface area contributed by atoms with Gasteiger partial charge in [-0.25, -0.2) is 0 Å². The molecule has 19 heavy (non-hydrogen) atoms. The van der Waals surface area contributed by atoms with Gasteiger partial charge in [-0.05, 0) is 30.9 Å². The maximum atomic E-state index is 13.0. The second kappa shape index (κ2) is 5.85. The average molecular weight is 271 g/mol. The summed E-state index contributed by atoms with van der Waals surface area (Å²) >= 11 is 0. The van der Waals surface area contributed by atoms with Gasteiger partial charge >= 0.3 is 6.18 Å². The summed E-state index contributed by atoms with van der Waals surface area (Å²) in [4.78, 5) is 0. The fourth-order valence-corrected chi connectivity index (χ4v) is 2.86. The predicted octanol–water partition coefficient (Wildman–Crippen LogP) is 4.78. The first-order valence-electron chi connectivity index (χ1n) is 6.93. The Balaban J connectivity index is 2.15. The van der Waals surface area contributed by atoms with Gasteiger partial charge in [0.1, 0.15) is 0 Å². The minimum Gasteiger partial charge on any atom is -0.381 e. The SMILES string of the molecule is CCc1ccccc1NC1CCCCC1C(F)(F)F. The zero-order valence-electron chi connectivity index (χ0n) is 11.1. The van der Waals surface area contributed by atoms with Gasteiger partial charge in [0, 0.05) is 11.7 Å². The molecule has 1 fully saturated rings. The molecule has 0 saturated heterocycles. The van der Waals surface area contributed by atoms with Crippen molar-refractivity contribution in [1.29, 1.82) is 0 Å². The smallest absolute Gasteiger partial charge is 0.381 e. The molecular formula is C15H20F3N. The van der Waals surface area contributed by atoms with Crippen LogP contribution < -0.4 is 5.32 Å². The number of rotatable bonds is 3. The minimum absolute atomic E-state index is 0.245. The number of halogens is 3. The molecule has 1 N–H and O–H groups in total. The number of hydrogen-bond acceptors (Lipinski definition) is 1. The lowest BCUT2D eigenvalue weighted by Gasteiger charge is -2.34. The van der Waals surface area contributed by atoms with Crippen LogP contribution in [0.2, 0.25) is 0 Å². The van der Waals surface area contributed by atoms with Crippen LogP contribution in [0.3, 0.4) is 0 Å². The van der Waals surface area contributed by atoms with Crippen molar-refractivity contribution in [2.24, 2.45) is 5.92 Å². The Morgan fingerprint density at radius 2 is 1.84 bits per heavy atom. The standard InChI is InChI=1S/C15H20F3N/c1-2-11-7-3-5-9-13(11)19-14-10-6-4-8-12(14)15(16,17)18/h3,5,7,9,12,14,19H,2,4,6,8,10H2,1H3. The number of para-hydroxylation sites is 1. The molecule has 0 spiro atoms. The van der Waals surface area contributed by atoms with Crippen molar-refractivity contribution < 1.29 is 13.2 Å². The summed E-state index contributed by atoms with van der Waals surface area (Å²) in [5, 5.41) is 3.14. The molecule has 2 rings (SSSR count). The molecule has 0 radical (unpaired) electrons. The monoisotopic (exact) mass is 271 g/mol. The fraction of sp³-hybridized carbons (Fsp3) is 0.600. The van der Waals surface area contributed by atoms with E-state index >= 15 is 0 Å². The van der Waals surface area contributed by atoms with Gasteiger partial charge in [0.2, 0.25) is 0 Å². The summed E-state index contributed by atoms with van der Waals surface area (Å²) in [6.07, 6.45) is -0.875. The Bertz CT molecular complexity index is 414. The van der Waals surface area contributed by atoms with Crippen molar-refractivity contribution in [3.63, 3.8) is 0 Å². The van der Waals surface area contributed by atoms with Gasteiger partial charge in [0.25, 0.3) is 0 Å². The van der Waals surface area contributed by atoms with Crippen LogP contribution in [-0.4, -0.2) is 12.2 Å². The average Bonchev–Trinajstić information content (AvgIpc) is 2.39. The minimum atomic E-state index is -4.10. The molecule has 0 heterocycles. The van der Waals surface area contributed by atoms with E-state index in [1.54, 1.807) is 0 Å². The summed E-state index contributed by atoms with van der Waals surface area (Å²) in [6, 6.07) is 7.15. The predicted molar refractivity (Wildman–Crippen MR) is 71.2 cm³/mol. The third kappa shape index (κ3) is 3.43. The third-order valence-electron chi connectivity index (χ3n) is 3.93. The molecule has 1 nitrogen and oxygen atoms in total. The Hall–Kier alpha value is -1.19. The van der Waals surface area contributed by atoms with Gasteiger partial charge in [0.15, 0.2) is 0 Å². The quantitative estimate of drug-likeness (QED) is 0.834. The maximum Gasteiger partial charge on any atom is 0.393 e. The first-order chi connectivity index (χ1) is 9.02. The van der Waals surface area contributed by atoms with Crippen LogP contribution in [0.1, 0.15) is 38.2 Å². The van der Waals surface area contributed by atoms with Crippen molar-refractivity contribution in [3.05, 3.63) is 29.8 Å². The number of hydrogen-bond donors (Lipinski definition) is 1. The van der Waals surface area contributed by atoms with Gasteiger partial charge in [0.05, 0.1) is 5.92 Å². The highest BCUT2D eigenvalue weighted by Gasteiger charge is 2.45. The zero-order chi connectivity index (χ0) is 13.9. The Labute approximate surface area is 112 Å². The van der Waals surface area contributed by atoms with Crippen molar-refractivity contribution in [2.75, 3.05) is 5.32 Å². The van der Waals surface area contributed by atoms with Crippen LogP contribution >= 0.6 is 0 Å². The second-order valence-corrected chi connectivity index (χ2v) is 5.19. The summed E-state index contributed by atoms with van der Waals surface area (Å²) in [6.45, 7) is 2.02. The van der Waals surface area contributed by atoms with Gasteiger partial charge in [-0.1, -0.05) is 38.0 Å². The largest absolute Gasteiger partial charge is 0.393 e. The maximum absolute atomic E-state index is 13.0. The van der Waals surface area contributed by atoms with Crippen LogP contribution in [0.4, 0.5) is 18.9 Å². The Kier molecular flexibility index (Phi) is 4.38. The number of nitrogens with one attached hydrogen (secondary N) is 1. The molecule has 1 aliphatic carbocycles. The molecule has 4 heteroatoms. The third-order valence-corrected chi connectivity index (χ3v) is 3.93. The lowest BCUT2D eigenvalue weighted by atomic mass is 9.83. The van der Waals surface area contributed by atoms with E-state index in [-0.39, 0.29) is 6.42 Å². The lowest BCUT2D eigenvalue weighted by Crippen LogP contribution is -2.41. The summed E-state index contributed by atoms with van der Waals surface area (Å²) in [7, 11) is 0. The van der Waals surface area contributed by atoms with E-state index in [2.05, 4.69) is 5.32 Å². The lowest BCUT2D eigenvalue weighted by molar-refractivity contribution is -0.184.